The van der Waals surface area contributed by atoms with Crippen LogP contribution >= 0.6 is 12.2 Å². The summed E-state index contributed by atoms with van der Waals surface area (Å²) in [6.45, 7) is 0. The topological polar surface area (TPSA) is 57.4 Å². The Bertz CT molecular complexity index is 584. The molecule has 0 fully saturated rings. The van der Waals surface area contributed by atoms with E-state index in [0.717, 1.165) is 10.8 Å². The number of nitrogens with two attached hydrogens (primary N) is 1. The van der Waals surface area contributed by atoms with E-state index >= 15 is 0 Å². The van der Waals surface area contributed by atoms with Crippen LogP contribution in [0.4, 0.5) is 0 Å². The van der Waals surface area contributed by atoms with Gasteiger partial charge in [0, 0.05) is 17.8 Å². The van der Waals surface area contributed by atoms with Gasteiger partial charge in [0.25, 0.3) is 0 Å². The van der Waals surface area contributed by atoms with E-state index in [2.05, 4.69) is 4.98 Å². The van der Waals surface area contributed by atoms with Crippen LogP contribution in [0.25, 0.3) is 10.8 Å². The number of methoxy groups -OCH3 is 2. The van der Waals surface area contributed by atoms with Crippen LogP contribution in [0.1, 0.15) is 5.56 Å². The lowest BCUT2D eigenvalue weighted by Gasteiger charge is -2.14. The number of nitrogens with zero attached hydrogens (tertiary/aromatic N) is 1. The summed E-state index contributed by atoms with van der Waals surface area (Å²) in [6.07, 6.45) is 3.43. The third-order valence-electron chi connectivity index (χ3n) is 2.53. The van der Waals surface area contributed by atoms with E-state index in [9.17, 15) is 0 Å². The van der Waals surface area contributed by atoms with Gasteiger partial charge >= 0.3 is 0 Å². The molecule has 2 rings (SSSR count). The van der Waals surface area contributed by atoms with Gasteiger partial charge in [-0.2, -0.15) is 0 Å². The van der Waals surface area contributed by atoms with E-state index in [1.807, 2.05) is 12.1 Å². The fourth-order valence-electron chi connectivity index (χ4n) is 1.80. The molecular formula is C12H12N2O2S. The molecule has 0 aliphatic heterocycles. The third-order valence-corrected chi connectivity index (χ3v) is 2.73. The highest BCUT2D eigenvalue weighted by atomic mass is 32.1. The van der Waals surface area contributed by atoms with E-state index in [-0.39, 0.29) is 4.99 Å². The molecule has 0 aliphatic rings. The second-order valence-corrected chi connectivity index (χ2v) is 3.89. The minimum Gasteiger partial charge on any atom is -0.493 e. The minimum absolute atomic E-state index is 0.275. The fraction of sp³-hybridized carbons (Fsp3) is 0.167. The molecule has 17 heavy (non-hydrogen) atoms. The van der Waals surface area contributed by atoms with Crippen LogP contribution in [-0.4, -0.2) is 24.2 Å². The first-order chi connectivity index (χ1) is 8.19. The number of rotatable bonds is 3. The van der Waals surface area contributed by atoms with Crippen molar-refractivity contribution in [3.05, 3.63) is 30.1 Å². The zero-order valence-electron chi connectivity index (χ0n) is 9.56. The smallest absolute Gasteiger partial charge is 0.171 e. The van der Waals surface area contributed by atoms with Gasteiger partial charge < -0.3 is 15.2 Å². The second-order valence-electron chi connectivity index (χ2n) is 3.45. The summed E-state index contributed by atoms with van der Waals surface area (Å²) in [5.41, 5.74) is 6.44. The Morgan fingerprint density at radius 3 is 2.71 bits per heavy atom. The number of fused-ring (bicyclic) bond motifs is 1. The second kappa shape index (κ2) is 4.55. The van der Waals surface area contributed by atoms with Crippen LogP contribution in [0, 0.1) is 0 Å². The molecule has 0 bridgehead atoms. The number of hydrogen-bond donors (Lipinski definition) is 1. The molecule has 0 amide bonds. The molecule has 0 saturated carbocycles. The van der Waals surface area contributed by atoms with Gasteiger partial charge in [0.05, 0.1) is 19.8 Å². The van der Waals surface area contributed by atoms with Crippen LogP contribution < -0.4 is 15.2 Å². The predicted molar refractivity (Wildman–Crippen MR) is 70.7 cm³/mol. The van der Waals surface area contributed by atoms with Gasteiger partial charge in [-0.25, -0.2) is 0 Å². The summed E-state index contributed by atoms with van der Waals surface area (Å²) in [4.78, 5) is 4.34. The van der Waals surface area contributed by atoms with Crippen molar-refractivity contribution in [2.24, 2.45) is 5.73 Å². The van der Waals surface area contributed by atoms with Crippen molar-refractivity contribution >= 4 is 28.0 Å². The van der Waals surface area contributed by atoms with E-state index in [4.69, 9.17) is 27.4 Å². The van der Waals surface area contributed by atoms with Gasteiger partial charge in [-0.15, -0.1) is 0 Å². The van der Waals surface area contributed by atoms with E-state index < -0.39 is 0 Å². The highest BCUT2D eigenvalue weighted by Gasteiger charge is 2.16. The molecule has 2 aromatic rings. The molecule has 1 aromatic carbocycles. The van der Waals surface area contributed by atoms with Crippen LogP contribution in [-0.2, 0) is 0 Å². The van der Waals surface area contributed by atoms with Crippen LogP contribution in [0.15, 0.2) is 24.5 Å². The predicted octanol–water partition coefficient (Wildman–Crippen LogP) is 1.89. The van der Waals surface area contributed by atoms with Crippen LogP contribution in [0.3, 0.4) is 0 Å². The zero-order valence-corrected chi connectivity index (χ0v) is 10.4. The minimum atomic E-state index is 0.275. The van der Waals surface area contributed by atoms with E-state index in [0.29, 0.717) is 17.1 Å². The van der Waals surface area contributed by atoms with Gasteiger partial charge in [-0.05, 0) is 17.5 Å². The van der Waals surface area contributed by atoms with E-state index in [1.165, 1.54) is 0 Å². The molecule has 4 nitrogen and oxygen atoms in total. The fourth-order valence-corrected chi connectivity index (χ4v) is 2.00. The summed E-state index contributed by atoms with van der Waals surface area (Å²) < 4.78 is 10.6. The zero-order chi connectivity index (χ0) is 12.4. The summed E-state index contributed by atoms with van der Waals surface area (Å²) in [7, 11) is 3.13. The molecule has 0 spiro atoms. The summed E-state index contributed by atoms with van der Waals surface area (Å²) in [5, 5.41) is 1.82. The maximum Gasteiger partial charge on any atom is 0.171 e. The maximum atomic E-state index is 5.76. The quantitative estimate of drug-likeness (QED) is 0.840. The molecule has 88 valence electrons. The normalized spacial score (nSPS) is 10.2. The number of pyridine rings is 1. The first-order valence-corrected chi connectivity index (χ1v) is 5.38. The van der Waals surface area contributed by atoms with Crippen molar-refractivity contribution in [1.29, 1.82) is 0 Å². The highest BCUT2D eigenvalue weighted by Crippen LogP contribution is 2.36. The number of benzene rings is 1. The number of ether oxygens (including phenoxy) is 2. The average Bonchev–Trinajstić information content (AvgIpc) is 2.35. The Morgan fingerprint density at radius 1 is 1.35 bits per heavy atom. The Morgan fingerprint density at radius 2 is 2.12 bits per heavy atom. The molecule has 0 saturated heterocycles. The lowest BCUT2D eigenvalue weighted by Crippen LogP contribution is -2.12. The Kier molecular flexibility index (Phi) is 3.10. The third kappa shape index (κ3) is 1.89. The van der Waals surface area contributed by atoms with Crippen LogP contribution in [0.2, 0.25) is 0 Å². The lowest BCUT2D eigenvalue weighted by molar-refractivity contribution is 0.355. The highest BCUT2D eigenvalue weighted by molar-refractivity contribution is 7.80. The van der Waals surface area contributed by atoms with Gasteiger partial charge in [-0.1, -0.05) is 12.2 Å². The Labute approximate surface area is 104 Å². The molecule has 0 unspecified atom stereocenters. The molecule has 2 N–H and O–H groups in total. The molecule has 1 heterocycles. The largest absolute Gasteiger partial charge is 0.493 e. The van der Waals surface area contributed by atoms with Gasteiger partial charge in [-0.3, -0.25) is 4.98 Å². The summed E-state index contributed by atoms with van der Waals surface area (Å²) in [6, 6.07) is 3.70. The molecule has 0 aliphatic carbocycles. The van der Waals surface area contributed by atoms with Gasteiger partial charge in [0.1, 0.15) is 4.99 Å². The summed E-state index contributed by atoms with van der Waals surface area (Å²) >= 11 is 5.07. The van der Waals surface area contributed by atoms with Crippen molar-refractivity contribution in [3.8, 4) is 11.5 Å². The monoisotopic (exact) mass is 248 g/mol. The number of aromatic nitrogens is 1. The molecule has 1 aromatic heterocycles. The summed E-state index contributed by atoms with van der Waals surface area (Å²) in [5.74, 6) is 1.15. The Balaban J connectivity index is 2.90. The molecular weight excluding hydrogens is 236 g/mol. The molecule has 0 atom stereocenters. The Hall–Kier alpha value is -1.88. The van der Waals surface area contributed by atoms with Gasteiger partial charge in [0.15, 0.2) is 11.5 Å². The molecule has 0 radical (unpaired) electrons. The van der Waals surface area contributed by atoms with Crippen molar-refractivity contribution in [2.45, 2.75) is 0 Å². The van der Waals surface area contributed by atoms with Crippen LogP contribution in [0.5, 0.6) is 11.5 Å². The van der Waals surface area contributed by atoms with Crippen molar-refractivity contribution in [2.75, 3.05) is 14.2 Å². The first-order valence-electron chi connectivity index (χ1n) is 4.97. The number of thiocarbonyl (C=S) groups is 1. The SMILES string of the molecule is COc1cc2cnccc2c(C(N)=S)c1OC. The van der Waals surface area contributed by atoms with Crippen molar-refractivity contribution < 1.29 is 9.47 Å². The maximum absolute atomic E-state index is 5.76. The molecule has 5 heteroatoms. The lowest BCUT2D eigenvalue weighted by atomic mass is 10.0. The standard InChI is InChI=1S/C12H12N2O2S/c1-15-9-5-7-6-14-4-3-8(7)10(12(13)17)11(9)16-2/h3-6H,1-2H3,(H2,13,17). The first kappa shape index (κ1) is 11.6. The average molecular weight is 248 g/mol. The van der Waals surface area contributed by atoms with Crippen molar-refractivity contribution in [1.82, 2.24) is 4.98 Å². The van der Waals surface area contributed by atoms with E-state index in [1.54, 1.807) is 26.6 Å². The van der Waals surface area contributed by atoms with Crippen molar-refractivity contribution in [3.63, 3.8) is 0 Å². The number of hydrogen-bond acceptors (Lipinski definition) is 4. The van der Waals surface area contributed by atoms with Gasteiger partial charge in [0.2, 0.25) is 0 Å².